The maximum Gasteiger partial charge on any atom is 0.276 e. The van der Waals surface area contributed by atoms with Crippen molar-refractivity contribution < 1.29 is 8.42 Å². The first kappa shape index (κ1) is 11.0. The molecule has 4 N–H and O–H groups in total. The van der Waals surface area contributed by atoms with E-state index in [0.29, 0.717) is 5.69 Å². The maximum atomic E-state index is 11.0. The van der Waals surface area contributed by atoms with E-state index in [9.17, 15) is 8.42 Å². The lowest BCUT2D eigenvalue weighted by atomic mass is 10.2. The van der Waals surface area contributed by atoms with E-state index < -0.39 is 10.2 Å². The normalized spacial score (nSPS) is 11.5. The van der Waals surface area contributed by atoms with Crippen LogP contribution in [0.2, 0.25) is 0 Å². The fraction of sp³-hybridized carbons (Fsp3) is 0.250. The van der Waals surface area contributed by atoms with Gasteiger partial charge in [0.25, 0.3) is 10.2 Å². The van der Waals surface area contributed by atoms with Gasteiger partial charge in [0.15, 0.2) is 0 Å². The molecule has 6 heteroatoms. The minimum Gasteiger partial charge on any atom is -0.399 e. The van der Waals surface area contributed by atoms with Gasteiger partial charge < -0.3 is 5.73 Å². The second kappa shape index (κ2) is 4.41. The van der Waals surface area contributed by atoms with Gasteiger partial charge in [0, 0.05) is 19.3 Å². The van der Waals surface area contributed by atoms with E-state index in [0.717, 1.165) is 5.56 Å². The molecular weight excluding hydrogens is 202 g/mol. The molecule has 0 saturated heterocycles. The predicted molar refractivity (Wildman–Crippen MR) is 55.7 cm³/mol. The molecule has 1 aromatic carbocycles. The second-order valence-electron chi connectivity index (χ2n) is 2.77. The molecule has 0 aliphatic rings. The van der Waals surface area contributed by atoms with E-state index in [1.807, 2.05) is 0 Å². The molecule has 1 rings (SSSR count). The van der Waals surface area contributed by atoms with Crippen molar-refractivity contribution in [3.05, 3.63) is 29.8 Å². The van der Waals surface area contributed by atoms with Crippen LogP contribution < -0.4 is 15.2 Å². The number of benzene rings is 1. The summed E-state index contributed by atoms with van der Waals surface area (Å²) in [6.07, 6.45) is 0. The number of rotatable bonds is 4. The number of hydrogen-bond donors (Lipinski definition) is 3. The van der Waals surface area contributed by atoms with Crippen molar-refractivity contribution in [2.45, 2.75) is 6.54 Å². The molecule has 0 aliphatic carbocycles. The molecule has 0 aliphatic heterocycles. The Morgan fingerprint density at radius 2 is 1.86 bits per heavy atom. The first-order chi connectivity index (χ1) is 6.53. The lowest BCUT2D eigenvalue weighted by Crippen LogP contribution is -2.33. The van der Waals surface area contributed by atoms with Crippen LogP contribution in [0.4, 0.5) is 5.69 Å². The van der Waals surface area contributed by atoms with Gasteiger partial charge in [-0.3, -0.25) is 0 Å². The highest BCUT2D eigenvalue weighted by Crippen LogP contribution is 2.04. The minimum atomic E-state index is -3.36. The highest BCUT2D eigenvalue weighted by Gasteiger charge is 2.04. The number of anilines is 1. The lowest BCUT2D eigenvalue weighted by molar-refractivity contribution is 0.573. The van der Waals surface area contributed by atoms with Crippen molar-refractivity contribution in [2.75, 3.05) is 12.8 Å². The van der Waals surface area contributed by atoms with Gasteiger partial charge >= 0.3 is 0 Å². The Bertz CT molecular complexity index is 386. The predicted octanol–water partition coefficient (Wildman–Crippen LogP) is -0.177. The fourth-order valence-corrected chi connectivity index (χ4v) is 1.39. The molecule has 14 heavy (non-hydrogen) atoms. The van der Waals surface area contributed by atoms with Crippen molar-refractivity contribution in [2.24, 2.45) is 0 Å². The summed E-state index contributed by atoms with van der Waals surface area (Å²) < 4.78 is 26.5. The Morgan fingerprint density at radius 1 is 1.29 bits per heavy atom. The summed E-state index contributed by atoms with van der Waals surface area (Å²) in [7, 11) is -2.01. The largest absolute Gasteiger partial charge is 0.399 e. The average Bonchev–Trinajstić information content (AvgIpc) is 2.17. The number of nitrogens with one attached hydrogen (secondary N) is 2. The third kappa shape index (κ3) is 3.33. The zero-order valence-electron chi connectivity index (χ0n) is 7.82. The molecule has 5 nitrogen and oxygen atoms in total. The number of hydrogen-bond acceptors (Lipinski definition) is 3. The van der Waals surface area contributed by atoms with Crippen LogP contribution >= 0.6 is 0 Å². The van der Waals surface area contributed by atoms with Gasteiger partial charge in [-0.1, -0.05) is 12.1 Å². The molecule has 0 bridgehead atoms. The van der Waals surface area contributed by atoms with Gasteiger partial charge in [0.1, 0.15) is 0 Å². The molecule has 0 spiro atoms. The van der Waals surface area contributed by atoms with Crippen LogP contribution in [-0.2, 0) is 16.8 Å². The molecule has 0 heterocycles. The summed E-state index contributed by atoms with van der Waals surface area (Å²) in [6.45, 7) is 0.253. The quantitative estimate of drug-likeness (QED) is 0.609. The summed E-state index contributed by atoms with van der Waals surface area (Å²) in [5.41, 5.74) is 7.00. The highest BCUT2D eigenvalue weighted by molar-refractivity contribution is 7.87. The summed E-state index contributed by atoms with van der Waals surface area (Å²) in [4.78, 5) is 0. The van der Waals surface area contributed by atoms with Crippen LogP contribution in [0, 0.1) is 0 Å². The molecule has 0 atom stereocenters. The van der Waals surface area contributed by atoms with Crippen LogP contribution in [0.15, 0.2) is 24.3 Å². The Hall–Kier alpha value is -1.11. The number of nitrogen functional groups attached to an aromatic ring is 1. The molecule has 0 radical (unpaired) electrons. The molecule has 0 saturated carbocycles. The van der Waals surface area contributed by atoms with Crippen molar-refractivity contribution in [1.29, 1.82) is 0 Å². The topological polar surface area (TPSA) is 84.2 Å². The van der Waals surface area contributed by atoms with Gasteiger partial charge in [0.2, 0.25) is 0 Å². The zero-order valence-corrected chi connectivity index (χ0v) is 8.64. The molecule has 78 valence electrons. The zero-order chi connectivity index (χ0) is 10.6. The first-order valence-electron chi connectivity index (χ1n) is 4.06. The summed E-state index contributed by atoms with van der Waals surface area (Å²) in [6, 6.07) is 6.99. The van der Waals surface area contributed by atoms with Crippen molar-refractivity contribution in [3.8, 4) is 0 Å². The average molecular weight is 215 g/mol. The second-order valence-corrected chi connectivity index (χ2v) is 4.47. The van der Waals surface area contributed by atoms with Gasteiger partial charge in [-0.2, -0.15) is 13.1 Å². The number of nitrogens with two attached hydrogens (primary N) is 1. The van der Waals surface area contributed by atoms with E-state index >= 15 is 0 Å². The molecular formula is C8H13N3O2S. The summed E-state index contributed by atoms with van der Waals surface area (Å²) in [5, 5.41) is 0. The standard InChI is InChI=1S/C8H13N3O2S/c1-10-14(12,13)11-6-7-2-4-8(9)5-3-7/h2-5,10-11H,6,9H2,1H3. The van der Waals surface area contributed by atoms with Crippen molar-refractivity contribution in [1.82, 2.24) is 9.44 Å². The summed E-state index contributed by atoms with van der Waals surface area (Å²) >= 11 is 0. The van der Waals surface area contributed by atoms with Gasteiger partial charge in [-0.25, -0.2) is 4.72 Å². The van der Waals surface area contributed by atoms with E-state index in [-0.39, 0.29) is 6.54 Å². The lowest BCUT2D eigenvalue weighted by Gasteiger charge is -2.04. The van der Waals surface area contributed by atoms with E-state index in [4.69, 9.17) is 5.73 Å². The smallest absolute Gasteiger partial charge is 0.276 e. The van der Waals surface area contributed by atoms with Crippen LogP contribution in [0.3, 0.4) is 0 Å². The third-order valence-corrected chi connectivity index (χ3v) is 2.78. The van der Waals surface area contributed by atoms with Crippen molar-refractivity contribution in [3.63, 3.8) is 0 Å². The minimum absolute atomic E-state index is 0.253. The Morgan fingerprint density at radius 3 is 2.36 bits per heavy atom. The Labute approximate surface area is 83.5 Å². The van der Waals surface area contributed by atoms with Gasteiger partial charge in [-0.05, 0) is 17.7 Å². The fourth-order valence-electron chi connectivity index (χ4n) is 0.886. The SMILES string of the molecule is CNS(=O)(=O)NCc1ccc(N)cc1. The third-order valence-electron chi connectivity index (χ3n) is 1.71. The van der Waals surface area contributed by atoms with E-state index in [1.165, 1.54) is 7.05 Å². The summed E-state index contributed by atoms with van der Waals surface area (Å²) in [5.74, 6) is 0. The molecule has 0 fully saturated rings. The maximum absolute atomic E-state index is 11.0. The molecule has 0 amide bonds. The Kier molecular flexibility index (Phi) is 3.45. The highest BCUT2D eigenvalue weighted by atomic mass is 32.2. The Balaban J connectivity index is 2.59. The van der Waals surface area contributed by atoms with Gasteiger partial charge in [-0.15, -0.1) is 0 Å². The molecule has 1 aromatic rings. The monoisotopic (exact) mass is 215 g/mol. The first-order valence-corrected chi connectivity index (χ1v) is 5.54. The molecule has 0 unspecified atom stereocenters. The van der Waals surface area contributed by atoms with E-state index in [1.54, 1.807) is 24.3 Å². The van der Waals surface area contributed by atoms with E-state index in [2.05, 4.69) is 9.44 Å². The molecule has 0 aromatic heterocycles. The van der Waals surface area contributed by atoms with Crippen molar-refractivity contribution >= 4 is 15.9 Å². The van der Waals surface area contributed by atoms with Crippen LogP contribution in [0.25, 0.3) is 0 Å². The van der Waals surface area contributed by atoms with Crippen LogP contribution in [0.5, 0.6) is 0 Å². The van der Waals surface area contributed by atoms with Crippen LogP contribution in [-0.4, -0.2) is 15.5 Å². The van der Waals surface area contributed by atoms with Crippen LogP contribution in [0.1, 0.15) is 5.56 Å². The van der Waals surface area contributed by atoms with Gasteiger partial charge in [0.05, 0.1) is 0 Å².